The lowest BCUT2D eigenvalue weighted by molar-refractivity contribution is 0.0794. The van der Waals surface area contributed by atoms with Crippen LogP contribution in [-0.4, -0.2) is 17.3 Å². The van der Waals surface area contributed by atoms with E-state index in [9.17, 15) is 18.8 Å². The highest BCUT2D eigenvalue weighted by molar-refractivity contribution is 6.41. The molecule has 3 aromatic carbocycles. The van der Waals surface area contributed by atoms with Gasteiger partial charge in [-0.3, -0.25) is 14.4 Å². The van der Waals surface area contributed by atoms with Gasteiger partial charge in [0.1, 0.15) is 17.3 Å². The largest absolute Gasteiger partial charge is 0.456 e. The summed E-state index contributed by atoms with van der Waals surface area (Å²) >= 11 is 0. The van der Waals surface area contributed by atoms with Gasteiger partial charge in [-0.15, -0.1) is 0 Å². The average Bonchev–Trinajstić information content (AvgIpc) is 3.15. The number of carbonyl (C=O) groups excluding carboxylic acids is 3. The van der Waals surface area contributed by atoms with Crippen molar-refractivity contribution in [2.75, 3.05) is 0 Å². The van der Waals surface area contributed by atoms with Gasteiger partial charge >= 0.3 is 0 Å². The first kappa shape index (κ1) is 16.1. The third-order valence-electron chi connectivity index (χ3n) is 5.90. The Kier molecular flexibility index (Phi) is 2.86. The molecule has 1 aliphatic heterocycles. The van der Waals surface area contributed by atoms with Crippen LogP contribution in [0.3, 0.4) is 0 Å². The van der Waals surface area contributed by atoms with E-state index in [-0.39, 0.29) is 33.8 Å². The standard InChI is InChI=1S/C24H11FO4/c25-12-9-10-18-17(11-12)24(22(27)15-7-3-4-8-16(15)23(24)28)19-20(26)13-5-1-2-6-14(13)21(19)29-18/h1-11H. The zero-order valence-electron chi connectivity index (χ0n) is 14.9. The number of Topliss-reactive ketones (excluding diaryl/α,β-unsaturated/α-hetero) is 3. The maximum atomic E-state index is 14.2. The van der Waals surface area contributed by atoms with Crippen molar-refractivity contribution in [2.45, 2.75) is 5.41 Å². The normalized spacial score (nSPS) is 17.8. The van der Waals surface area contributed by atoms with Crippen LogP contribution in [0.25, 0.3) is 5.76 Å². The maximum Gasteiger partial charge on any atom is 0.195 e. The number of rotatable bonds is 0. The molecule has 0 saturated heterocycles. The molecule has 0 radical (unpaired) electrons. The average molecular weight is 382 g/mol. The second-order valence-electron chi connectivity index (χ2n) is 7.28. The Bertz CT molecular complexity index is 1310. The molecular formula is C24H11FO4. The Balaban J connectivity index is 1.76. The van der Waals surface area contributed by atoms with Crippen molar-refractivity contribution >= 4 is 23.1 Å². The number of allylic oxidation sites excluding steroid dienone is 1. The van der Waals surface area contributed by atoms with Crippen LogP contribution in [0, 0.1) is 5.82 Å². The molecule has 3 aromatic rings. The number of carbonyl (C=O) groups is 3. The number of hydrogen-bond donors (Lipinski definition) is 0. The number of halogens is 1. The summed E-state index contributed by atoms with van der Waals surface area (Å²) in [6.07, 6.45) is 0. The molecule has 5 heteroatoms. The van der Waals surface area contributed by atoms with E-state index in [1.807, 2.05) is 0 Å². The van der Waals surface area contributed by atoms with Gasteiger partial charge in [0.15, 0.2) is 22.8 Å². The van der Waals surface area contributed by atoms with Crippen molar-refractivity contribution in [2.24, 2.45) is 0 Å². The van der Waals surface area contributed by atoms with Crippen molar-refractivity contribution in [3.63, 3.8) is 0 Å². The maximum absolute atomic E-state index is 14.2. The third-order valence-corrected chi connectivity index (χ3v) is 5.90. The van der Waals surface area contributed by atoms with Crippen LogP contribution in [0.4, 0.5) is 4.39 Å². The Morgan fingerprint density at radius 3 is 1.97 bits per heavy atom. The molecule has 1 heterocycles. The zero-order chi connectivity index (χ0) is 19.9. The number of benzene rings is 3. The van der Waals surface area contributed by atoms with E-state index >= 15 is 0 Å². The molecule has 0 aromatic heterocycles. The van der Waals surface area contributed by atoms with E-state index in [1.54, 1.807) is 48.5 Å². The van der Waals surface area contributed by atoms with Crippen molar-refractivity contribution < 1.29 is 23.5 Å². The highest BCUT2D eigenvalue weighted by atomic mass is 19.1. The third kappa shape index (κ3) is 1.71. The van der Waals surface area contributed by atoms with Gasteiger partial charge in [0.05, 0.1) is 5.57 Å². The van der Waals surface area contributed by atoms with Crippen LogP contribution in [0.15, 0.2) is 72.3 Å². The summed E-state index contributed by atoms with van der Waals surface area (Å²) in [7, 11) is 0. The molecule has 0 fully saturated rings. The van der Waals surface area contributed by atoms with Crippen LogP contribution in [0.5, 0.6) is 5.75 Å². The minimum atomic E-state index is -1.94. The van der Waals surface area contributed by atoms with Crippen molar-refractivity contribution in [3.05, 3.63) is 106 Å². The quantitative estimate of drug-likeness (QED) is 0.548. The van der Waals surface area contributed by atoms with Gasteiger partial charge in [-0.05, 0) is 18.2 Å². The van der Waals surface area contributed by atoms with Gasteiger partial charge < -0.3 is 4.74 Å². The fourth-order valence-corrected chi connectivity index (χ4v) is 4.68. The second kappa shape index (κ2) is 5.14. The molecule has 0 unspecified atom stereocenters. The Labute approximate surface area is 164 Å². The van der Waals surface area contributed by atoms with Crippen molar-refractivity contribution in [1.29, 1.82) is 0 Å². The lowest BCUT2D eigenvalue weighted by Crippen LogP contribution is -2.45. The summed E-state index contributed by atoms with van der Waals surface area (Å²) in [6.45, 7) is 0. The van der Waals surface area contributed by atoms with Gasteiger partial charge in [0.25, 0.3) is 0 Å². The molecule has 0 atom stereocenters. The first-order chi connectivity index (χ1) is 14.0. The predicted molar refractivity (Wildman–Crippen MR) is 102 cm³/mol. The molecule has 0 bridgehead atoms. The van der Waals surface area contributed by atoms with Crippen LogP contribution in [0.2, 0.25) is 0 Å². The molecule has 0 amide bonds. The number of hydrogen-bond acceptors (Lipinski definition) is 4. The monoisotopic (exact) mass is 382 g/mol. The molecular weight excluding hydrogens is 371 g/mol. The van der Waals surface area contributed by atoms with Crippen LogP contribution in [0.1, 0.15) is 42.2 Å². The van der Waals surface area contributed by atoms with Gasteiger partial charge in [0, 0.05) is 27.8 Å². The topological polar surface area (TPSA) is 60.4 Å². The molecule has 2 aliphatic carbocycles. The number of ether oxygens (including phenoxy) is 1. The summed E-state index contributed by atoms with van der Waals surface area (Å²) in [4.78, 5) is 40.8. The Morgan fingerprint density at radius 2 is 1.31 bits per heavy atom. The SMILES string of the molecule is O=C1C2=C(Oc3ccc(F)cc3C23C(=O)c2ccccc2C3=O)c2ccccc21. The minimum absolute atomic E-state index is 0.0250. The lowest BCUT2D eigenvalue weighted by Gasteiger charge is -2.33. The minimum Gasteiger partial charge on any atom is -0.456 e. The first-order valence-corrected chi connectivity index (χ1v) is 9.10. The summed E-state index contributed by atoms with van der Waals surface area (Å²) in [6, 6.07) is 17.0. The molecule has 0 saturated carbocycles. The van der Waals surface area contributed by atoms with Gasteiger partial charge in [-0.1, -0.05) is 48.5 Å². The van der Waals surface area contributed by atoms with Gasteiger partial charge in [0.2, 0.25) is 0 Å². The summed E-state index contributed by atoms with van der Waals surface area (Å²) < 4.78 is 20.2. The first-order valence-electron chi connectivity index (χ1n) is 9.10. The highest BCUT2D eigenvalue weighted by Gasteiger charge is 2.63. The molecule has 1 spiro atoms. The lowest BCUT2D eigenvalue weighted by atomic mass is 9.67. The Morgan fingerprint density at radius 1 is 0.724 bits per heavy atom. The summed E-state index contributed by atoms with van der Waals surface area (Å²) in [5.41, 5.74) is -0.549. The molecule has 29 heavy (non-hydrogen) atoms. The molecule has 3 aliphatic rings. The number of fused-ring (bicyclic) bond motifs is 6. The van der Waals surface area contributed by atoms with E-state index in [0.29, 0.717) is 11.1 Å². The second-order valence-corrected chi connectivity index (χ2v) is 7.28. The van der Waals surface area contributed by atoms with Crippen molar-refractivity contribution in [3.8, 4) is 5.75 Å². The van der Waals surface area contributed by atoms with E-state index in [2.05, 4.69) is 0 Å². The predicted octanol–water partition coefficient (Wildman–Crippen LogP) is 4.14. The zero-order valence-corrected chi connectivity index (χ0v) is 14.9. The van der Waals surface area contributed by atoms with Crippen LogP contribution < -0.4 is 4.74 Å². The van der Waals surface area contributed by atoms with Crippen molar-refractivity contribution in [1.82, 2.24) is 0 Å². The van der Waals surface area contributed by atoms with Crippen LogP contribution in [-0.2, 0) is 5.41 Å². The highest BCUT2D eigenvalue weighted by Crippen LogP contribution is 2.56. The summed E-state index contributed by atoms with van der Waals surface area (Å²) in [5.74, 6) is -1.72. The fourth-order valence-electron chi connectivity index (χ4n) is 4.68. The van der Waals surface area contributed by atoms with Crippen LogP contribution >= 0.6 is 0 Å². The van der Waals surface area contributed by atoms with E-state index in [0.717, 1.165) is 6.07 Å². The van der Waals surface area contributed by atoms with E-state index < -0.39 is 28.6 Å². The molecule has 6 rings (SSSR count). The van der Waals surface area contributed by atoms with E-state index in [4.69, 9.17) is 4.74 Å². The Hall–Kier alpha value is -3.86. The summed E-state index contributed by atoms with van der Waals surface area (Å²) in [5, 5.41) is 0. The van der Waals surface area contributed by atoms with E-state index in [1.165, 1.54) is 12.1 Å². The van der Waals surface area contributed by atoms with Gasteiger partial charge in [-0.2, -0.15) is 0 Å². The smallest absolute Gasteiger partial charge is 0.195 e. The van der Waals surface area contributed by atoms with Gasteiger partial charge in [-0.25, -0.2) is 4.39 Å². The molecule has 0 N–H and O–H groups in total. The molecule has 138 valence electrons. The number of ketones is 3. The fraction of sp³-hybridized carbons (Fsp3) is 0.0417. The molecule has 4 nitrogen and oxygen atoms in total.